The molecule has 0 fully saturated rings. The van der Waals surface area contributed by atoms with Crippen LogP contribution in [0.1, 0.15) is 18.4 Å². The average molecular weight is 537 g/mol. The van der Waals surface area contributed by atoms with Crippen molar-refractivity contribution in [3.8, 4) is 29.0 Å². The van der Waals surface area contributed by atoms with Gasteiger partial charge in [0, 0.05) is 49.6 Å². The summed E-state index contributed by atoms with van der Waals surface area (Å²) in [6.45, 7) is 0. The van der Waals surface area contributed by atoms with Gasteiger partial charge in [0.15, 0.2) is 0 Å². The molecule has 4 heteroatoms. The Morgan fingerprint density at radius 3 is 1.90 bits per heavy atom. The number of nitriles is 2. The molecule has 5 aromatic carbocycles. The van der Waals surface area contributed by atoms with Gasteiger partial charge in [0.25, 0.3) is 0 Å². The van der Waals surface area contributed by atoms with Gasteiger partial charge in [-0.05, 0) is 61.4 Å². The summed E-state index contributed by atoms with van der Waals surface area (Å²) < 4.78 is 4.72. The van der Waals surface area contributed by atoms with E-state index in [-0.39, 0.29) is 0 Å². The molecule has 0 N–H and O–H groups in total. The van der Waals surface area contributed by atoms with Gasteiger partial charge in [0.05, 0.1) is 39.8 Å². The second kappa shape index (κ2) is 9.37. The average Bonchev–Trinajstić information content (AvgIpc) is 3.58. The van der Waals surface area contributed by atoms with Crippen molar-refractivity contribution in [2.24, 2.45) is 0 Å². The molecule has 42 heavy (non-hydrogen) atoms. The van der Waals surface area contributed by atoms with Gasteiger partial charge in [0.2, 0.25) is 0 Å². The highest BCUT2D eigenvalue weighted by molar-refractivity contribution is 6.19. The molecule has 0 radical (unpaired) electrons. The number of aromatic nitrogens is 2. The molecule has 0 bridgehead atoms. The zero-order valence-corrected chi connectivity index (χ0v) is 22.8. The van der Waals surface area contributed by atoms with E-state index in [1.165, 1.54) is 16.3 Å². The van der Waals surface area contributed by atoms with E-state index in [9.17, 15) is 10.5 Å². The second-order valence-electron chi connectivity index (χ2n) is 10.7. The Balaban J connectivity index is 1.54. The van der Waals surface area contributed by atoms with E-state index in [1.54, 1.807) is 0 Å². The van der Waals surface area contributed by atoms with E-state index in [2.05, 4.69) is 124 Å². The molecule has 4 nitrogen and oxygen atoms in total. The summed E-state index contributed by atoms with van der Waals surface area (Å²) in [7, 11) is 0. The molecule has 0 saturated carbocycles. The fourth-order valence-electron chi connectivity index (χ4n) is 6.64. The molecule has 2 aromatic heterocycles. The highest BCUT2D eigenvalue weighted by Gasteiger charge is 2.22. The van der Waals surface area contributed by atoms with Crippen molar-refractivity contribution in [1.29, 1.82) is 10.5 Å². The van der Waals surface area contributed by atoms with Crippen LogP contribution in [0.4, 0.5) is 0 Å². The van der Waals surface area contributed by atoms with Crippen LogP contribution in [0.2, 0.25) is 0 Å². The molecule has 0 atom stereocenters. The zero-order valence-electron chi connectivity index (χ0n) is 22.8. The smallest absolute Gasteiger partial charge is 0.0991 e. The summed E-state index contributed by atoms with van der Waals surface area (Å²) >= 11 is 0. The van der Waals surface area contributed by atoms with Crippen LogP contribution >= 0.6 is 0 Å². The summed E-state index contributed by atoms with van der Waals surface area (Å²) in [5.74, 6) is 0. The maximum atomic E-state index is 9.73. The van der Waals surface area contributed by atoms with Gasteiger partial charge in [0.1, 0.15) is 0 Å². The van der Waals surface area contributed by atoms with Crippen LogP contribution in [0.25, 0.3) is 66.1 Å². The van der Waals surface area contributed by atoms with Crippen LogP contribution in [0.15, 0.2) is 127 Å². The molecule has 1 aliphatic rings. The molecule has 0 amide bonds. The van der Waals surface area contributed by atoms with E-state index in [4.69, 9.17) is 0 Å². The van der Waals surface area contributed by atoms with Crippen LogP contribution in [-0.4, -0.2) is 9.13 Å². The first-order valence-corrected chi connectivity index (χ1v) is 14.1. The maximum Gasteiger partial charge on any atom is 0.0991 e. The predicted octanol–water partition coefficient (Wildman–Crippen LogP) is 9.51. The van der Waals surface area contributed by atoms with Crippen LogP contribution in [0, 0.1) is 22.7 Å². The number of allylic oxidation sites excluding steroid dienone is 4. The first-order chi connectivity index (χ1) is 20.8. The number of para-hydroxylation sites is 4. The lowest BCUT2D eigenvalue weighted by Gasteiger charge is -2.18. The quantitative estimate of drug-likeness (QED) is 0.226. The molecule has 0 spiro atoms. The Kier molecular flexibility index (Phi) is 5.36. The molecule has 8 rings (SSSR count). The monoisotopic (exact) mass is 536 g/mol. The molecule has 0 saturated heterocycles. The summed E-state index contributed by atoms with van der Waals surface area (Å²) in [4.78, 5) is 0. The number of hydrogen-bond donors (Lipinski definition) is 0. The van der Waals surface area contributed by atoms with Crippen molar-refractivity contribution in [1.82, 2.24) is 9.13 Å². The highest BCUT2D eigenvalue weighted by Crippen LogP contribution is 2.44. The molecule has 7 aromatic rings. The third kappa shape index (κ3) is 3.46. The first kappa shape index (κ1) is 24.0. The fourth-order valence-corrected chi connectivity index (χ4v) is 6.64. The molecular weight excluding hydrogens is 512 g/mol. The lowest BCUT2D eigenvalue weighted by atomic mass is 9.98. The summed E-state index contributed by atoms with van der Waals surface area (Å²) in [6.07, 6.45) is 5.50. The van der Waals surface area contributed by atoms with Gasteiger partial charge in [-0.25, -0.2) is 0 Å². The lowest BCUT2D eigenvalue weighted by molar-refractivity contribution is 0.951. The van der Waals surface area contributed by atoms with E-state index < -0.39 is 0 Å². The van der Waals surface area contributed by atoms with Gasteiger partial charge in [-0.1, -0.05) is 72.8 Å². The first-order valence-electron chi connectivity index (χ1n) is 14.1. The standard InChI is InChI=1S/C38H24N4/c39-23-25-16-19-28(20-17-25)42-36-21-18-26(24-40)22-34(36)33-14-7-13-32(38(33)42)31-12-6-11-30-29-10-4-5-15-35(29)41(37(30)31)27-8-2-1-3-9-27/h1-16,18-19,21-22H,17,20H2. The number of hydrogen-bond acceptors (Lipinski definition) is 2. The lowest BCUT2D eigenvalue weighted by Crippen LogP contribution is -2.02. The van der Waals surface area contributed by atoms with Crippen molar-refractivity contribution in [3.05, 3.63) is 132 Å². The molecule has 1 aliphatic carbocycles. The maximum absolute atomic E-state index is 9.73. The number of fused-ring (bicyclic) bond motifs is 6. The zero-order chi connectivity index (χ0) is 28.2. The van der Waals surface area contributed by atoms with Gasteiger partial charge in [-0.3, -0.25) is 0 Å². The Morgan fingerprint density at radius 2 is 1.19 bits per heavy atom. The minimum absolute atomic E-state index is 0.641. The van der Waals surface area contributed by atoms with Crippen LogP contribution in [-0.2, 0) is 0 Å². The number of benzene rings is 5. The predicted molar refractivity (Wildman–Crippen MR) is 171 cm³/mol. The van der Waals surface area contributed by atoms with Crippen molar-refractivity contribution in [2.45, 2.75) is 12.8 Å². The van der Waals surface area contributed by atoms with E-state index >= 15 is 0 Å². The number of nitrogens with zero attached hydrogens (tertiary/aromatic N) is 4. The molecule has 0 aliphatic heterocycles. The van der Waals surface area contributed by atoms with Crippen LogP contribution in [0.3, 0.4) is 0 Å². The molecule has 0 unspecified atom stereocenters. The van der Waals surface area contributed by atoms with Crippen LogP contribution in [0.5, 0.6) is 0 Å². The van der Waals surface area contributed by atoms with Gasteiger partial charge in [-0.15, -0.1) is 0 Å². The van der Waals surface area contributed by atoms with Crippen molar-refractivity contribution >= 4 is 49.3 Å². The normalized spacial score (nSPS) is 13.3. The summed E-state index contributed by atoms with van der Waals surface area (Å²) in [6, 6.07) is 42.8. The van der Waals surface area contributed by atoms with E-state index in [1.807, 2.05) is 18.2 Å². The van der Waals surface area contributed by atoms with Crippen molar-refractivity contribution in [2.75, 3.05) is 0 Å². The van der Waals surface area contributed by atoms with E-state index in [0.717, 1.165) is 61.8 Å². The minimum Gasteiger partial charge on any atom is -0.312 e. The van der Waals surface area contributed by atoms with Crippen molar-refractivity contribution in [3.63, 3.8) is 0 Å². The Bertz CT molecular complexity index is 2370. The van der Waals surface area contributed by atoms with Gasteiger partial charge < -0.3 is 9.13 Å². The van der Waals surface area contributed by atoms with Gasteiger partial charge in [-0.2, -0.15) is 10.5 Å². The fraction of sp³-hybridized carbons (Fsp3) is 0.0526. The Labute approximate surface area is 242 Å². The Hall–Kier alpha value is -5.84. The largest absolute Gasteiger partial charge is 0.312 e. The van der Waals surface area contributed by atoms with Crippen LogP contribution < -0.4 is 0 Å². The minimum atomic E-state index is 0.641. The van der Waals surface area contributed by atoms with Gasteiger partial charge >= 0.3 is 0 Å². The topological polar surface area (TPSA) is 57.4 Å². The summed E-state index contributed by atoms with van der Waals surface area (Å²) in [5, 5.41) is 23.8. The van der Waals surface area contributed by atoms with Crippen molar-refractivity contribution < 1.29 is 0 Å². The third-order valence-corrected chi connectivity index (χ3v) is 8.47. The number of rotatable bonds is 3. The molecule has 196 valence electrons. The molecule has 2 heterocycles. The SMILES string of the molecule is N#CC1=CC=C(n2c3ccc(C#N)cc3c3cccc(-c4cccc5c6ccccc6n(-c6ccccc6)c45)c32)CC1. The highest BCUT2D eigenvalue weighted by atomic mass is 15.0. The Morgan fingerprint density at radius 1 is 0.524 bits per heavy atom. The molecular formula is C38H24N4. The summed E-state index contributed by atoms with van der Waals surface area (Å²) in [5.41, 5.74) is 10.5. The third-order valence-electron chi connectivity index (χ3n) is 8.47. The van der Waals surface area contributed by atoms with E-state index in [0.29, 0.717) is 12.0 Å². The second-order valence-corrected chi connectivity index (χ2v) is 10.7.